The molecular formula is C14H17N3O2S. The zero-order valence-electron chi connectivity index (χ0n) is 11.3. The van der Waals surface area contributed by atoms with Crippen LogP contribution in [-0.4, -0.2) is 29.5 Å². The maximum absolute atomic E-state index is 5.89. The van der Waals surface area contributed by atoms with Crippen LogP contribution in [0.4, 0.5) is 0 Å². The largest absolute Gasteiger partial charge is 0.486 e. The van der Waals surface area contributed by atoms with Crippen molar-refractivity contribution in [3.05, 3.63) is 36.2 Å². The van der Waals surface area contributed by atoms with E-state index in [0.29, 0.717) is 19.8 Å². The van der Waals surface area contributed by atoms with Gasteiger partial charge in [0.25, 0.3) is 0 Å². The lowest BCUT2D eigenvalue weighted by Crippen LogP contribution is -2.15. The Balaban J connectivity index is 1.79. The van der Waals surface area contributed by atoms with Gasteiger partial charge in [0.15, 0.2) is 11.5 Å². The molecule has 0 aliphatic carbocycles. The van der Waals surface area contributed by atoms with Crippen molar-refractivity contribution >= 4 is 11.8 Å². The lowest BCUT2D eigenvalue weighted by atomic mass is 10.2. The summed E-state index contributed by atoms with van der Waals surface area (Å²) in [6.45, 7) is 1.77. The Labute approximate surface area is 122 Å². The quantitative estimate of drug-likeness (QED) is 0.873. The number of hydrogen-bond acceptors (Lipinski definition) is 5. The Morgan fingerprint density at radius 3 is 2.85 bits per heavy atom. The molecule has 2 heterocycles. The van der Waals surface area contributed by atoms with E-state index in [0.717, 1.165) is 22.0 Å². The summed E-state index contributed by atoms with van der Waals surface area (Å²) in [6, 6.07) is 6.00. The van der Waals surface area contributed by atoms with E-state index in [4.69, 9.17) is 15.2 Å². The van der Waals surface area contributed by atoms with Gasteiger partial charge in [-0.3, -0.25) is 4.68 Å². The third-order valence-corrected chi connectivity index (χ3v) is 4.38. The minimum Gasteiger partial charge on any atom is -0.486 e. The highest BCUT2D eigenvalue weighted by atomic mass is 32.2. The van der Waals surface area contributed by atoms with Crippen molar-refractivity contribution in [3.63, 3.8) is 0 Å². The van der Waals surface area contributed by atoms with E-state index in [1.807, 2.05) is 37.6 Å². The summed E-state index contributed by atoms with van der Waals surface area (Å²) in [7, 11) is 1.91. The highest BCUT2D eigenvalue weighted by Gasteiger charge is 2.16. The molecule has 106 valence electrons. The number of aromatic nitrogens is 2. The molecule has 2 N–H and O–H groups in total. The van der Waals surface area contributed by atoms with Gasteiger partial charge in [-0.25, -0.2) is 0 Å². The number of ether oxygens (including phenoxy) is 2. The first-order valence-electron chi connectivity index (χ1n) is 6.51. The Kier molecular flexibility index (Phi) is 3.84. The van der Waals surface area contributed by atoms with Crippen molar-refractivity contribution in [2.24, 2.45) is 12.8 Å². The first-order chi connectivity index (χ1) is 9.76. The normalized spacial score (nSPS) is 15.1. The third-order valence-electron chi connectivity index (χ3n) is 3.10. The van der Waals surface area contributed by atoms with E-state index >= 15 is 0 Å². The van der Waals surface area contributed by atoms with E-state index in [2.05, 4.69) is 5.10 Å². The molecule has 20 heavy (non-hydrogen) atoms. The standard InChI is InChI=1S/C14H17N3O2S/c1-17-9-10(8-16-17)14(7-15)20-11-2-3-12-13(6-11)19-5-4-18-12/h2-3,6,8-9,14H,4-5,7,15H2,1H3. The zero-order chi connectivity index (χ0) is 13.9. The molecule has 2 aromatic rings. The molecule has 0 amide bonds. The summed E-state index contributed by atoms with van der Waals surface area (Å²) < 4.78 is 12.9. The topological polar surface area (TPSA) is 62.3 Å². The number of nitrogens with zero attached hydrogens (tertiary/aromatic N) is 2. The molecule has 1 unspecified atom stereocenters. The maximum Gasteiger partial charge on any atom is 0.162 e. The van der Waals surface area contributed by atoms with Crippen molar-refractivity contribution in [1.29, 1.82) is 0 Å². The molecule has 3 rings (SSSR count). The molecule has 1 aliphatic rings. The average Bonchev–Trinajstić information content (AvgIpc) is 2.91. The van der Waals surface area contributed by atoms with E-state index in [1.165, 1.54) is 0 Å². The molecule has 1 aromatic heterocycles. The Morgan fingerprint density at radius 1 is 1.35 bits per heavy atom. The summed E-state index contributed by atoms with van der Waals surface area (Å²) in [5.74, 6) is 1.62. The highest BCUT2D eigenvalue weighted by Crippen LogP contribution is 2.39. The van der Waals surface area contributed by atoms with Crippen molar-refractivity contribution in [3.8, 4) is 11.5 Å². The zero-order valence-corrected chi connectivity index (χ0v) is 12.1. The van der Waals surface area contributed by atoms with E-state index in [9.17, 15) is 0 Å². The molecule has 0 fully saturated rings. The van der Waals surface area contributed by atoms with E-state index in [1.54, 1.807) is 16.4 Å². The minimum absolute atomic E-state index is 0.186. The SMILES string of the molecule is Cn1cc(C(CN)Sc2ccc3c(c2)OCCO3)cn1. The average molecular weight is 291 g/mol. The predicted molar refractivity (Wildman–Crippen MR) is 78.3 cm³/mol. The van der Waals surface area contributed by atoms with Crippen LogP contribution in [0.5, 0.6) is 11.5 Å². The second-order valence-corrected chi connectivity index (χ2v) is 5.87. The fourth-order valence-corrected chi connectivity index (χ4v) is 3.12. The Hall–Kier alpha value is -1.66. The number of fused-ring (bicyclic) bond motifs is 1. The number of hydrogen-bond donors (Lipinski definition) is 1. The predicted octanol–water partition coefficient (Wildman–Crippen LogP) is 1.98. The van der Waals surface area contributed by atoms with Crippen LogP contribution in [0.25, 0.3) is 0 Å². The van der Waals surface area contributed by atoms with Gasteiger partial charge in [0.2, 0.25) is 0 Å². The van der Waals surface area contributed by atoms with Gasteiger partial charge < -0.3 is 15.2 Å². The van der Waals surface area contributed by atoms with Crippen molar-refractivity contribution < 1.29 is 9.47 Å². The van der Waals surface area contributed by atoms with Crippen LogP contribution < -0.4 is 15.2 Å². The van der Waals surface area contributed by atoms with E-state index in [-0.39, 0.29) is 5.25 Å². The van der Waals surface area contributed by atoms with Crippen molar-refractivity contribution in [1.82, 2.24) is 9.78 Å². The van der Waals surface area contributed by atoms with Crippen LogP contribution in [-0.2, 0) is 7.05 Å². The summed E-state index contributed by atoms with van der Waals surface area (Å²) in [4.78, 5) is 1.12. The molecule has 0 bridgehead atoms. The molecule has 1 atom stereocenters. The summed E-state index contributed by atoms with van der Waals surface area (Å²) in [5.41, 5.74) is 7.02. The van der Waals surface area contributed by atoms with Gasteiger partial charge in [0.05, 0.1) is 6.20 Å². The van der Waals surface area contributed by atoms with Gasteiger partial charge in [0, 0.05) is 35.5 Å². The van der Waals surface area contributed by atoms with Gasteiger partial charge >= 0.3 is 0 Å². The van der Waals surface area contributed by atoms with Crippen LogP contribution >= 0.6 is 11.8 Å². The summed E-state index contributed by atoms with van der Waals surface area (Å²) >= 11 is 1.71. The highest BCUT2D eigenvalue weighted by molar-refractivity contribution is 7.99. The number of benzene rings is 1. The van der Waals surface area contributed by atoms with E-state index < -0.39 is 0 Å². The monoisotopic (exact) mass is 291 g/mol. The maximum atomic E-state index is 5.89. The molecule has 0 spiro atoms. The lowest BCUT2D eigenvalue weighted by Gasteiger charge is -2.19. The van der Waals surface area contributed by atoms with Crippen LogP contribution in [0.3, 0.4) is 0 Å². The van der Waals surface area contributed by atoms with Gasteiger partial charge in [-0.15, -0.1) is 11.8 Å². The first kappa shape index (κ1) is 13.3. The van der Waals surface area contributed by atoms with Crippen molar-refractivity contribution in [2.75, 3.05) is 19.8 Å². The van der Waals surface area contributed by atoms with Crippen molar-refractivity contribution in [2.45, 2.75) is 10.1 Å². The molecule has 0 saturated heterocycles. The fourth-order valence-electron chi connectivity index (χ4n) is 2.12. The van der Waals surface area contributed by atoms with Gasteiger partial charge in [-0.1, -0.05) is 0 Å². The number of thioether (sulfide) groups is 1. The lowest BCUT2D eigenvalue weighted by molar-refractivity contribution is 0.171. The first-order valence-corrected chi connectivity index (χ1v) is 7.39. The Morgan fingerprint density at radius 2 is 2.15 bits per heavy atom. The van der Waals surface area contributed by atoms with Crippen LogP contribution in [0, 0.1) is 0 Å². The molecule has 6 heteroatoms. The van der Waals surface area contributed by atoms with Gasteiger partial charge in [0.1, 0.15) is 13.2 Å². The Bertz CT molecular complexity index is 600. The summed E-state index contributed by atoms with van der Waals surface area (Å²) in [5, 5.41) is 4.39. The minimum atomic E-state index is 0.186. The molecule has 0 saturated carbocycles. The molecule has 5 nitrogen and oxygen atoms in total. The second kappa shape index (κ2) is 5.76. The van der Waals surface area contributed by atoms with Crippen LogP contribution in [0.15, 0.2) is 35.5 Å². The van der Waals surface area contributed by atoms with Gasteiger partial charge in [-0.2, -0.15) is 5.10 Å². The van der Waals surface area contributed by atoms with Crippen LogP contribution in [0.2, 0.25) is 0 Å². The van der Waals surface area contributed by atoms with Crippen LogP contribution in [0.1, 0.15) is 10.8 Å². The molecule has 1 aliphatic heterocycles. The number of nitrogens with two attached hydrogens (primary N) is 1. The molecule has 0 radical (unpaired) electrons. The molecule has 1 aromatic carbocycles. The number of aryl methyl sites for hydroxylation is 1. The summed E-state index contributed by atoms with van der Waals surface area (Å²) in [6.07, 6.45) is 3.87. The molecular weight excluding hydrogens is 274 g/mol. The number of rotatable bonds is 4. The fraction of sp³-hybridized carbons (Fsp3) is 0.357. The third kappa shape index (κ3) is 2.76. The smallest absolute Gasteiger partial charge is 0.162 e. The van der Waals surface area contributed by atoms with Gasteiger partial charge in [-0.05, 0) is 18.2 Å². The second-order valence-electron chi connectivity index (χ2n) is 4.59.